The molecule has 0 N–H and O–H groups in total. The predicted molar refractivity (Wildman–Crippen MR) is 140 cm³/mol. The van der Waals surface area contributed by atoms with Crippen LogP contribution >= 0.6 is 0 Å². The lowest BCUT2D eigenvalue weighted by atomic mass is 9.94. The Morgan fingerprint density at radius 3 is 2.31 bits per heavy atom. The average molecular weight is 468 g/mol. The summed E-state index contributed by atoms with van der Waals surface area (Å²) in [5.74, 6) is 2.09. The Hall–Kier alpha value is -3.60. The number of aryl methyl sites for hydroxylation is 2. The molecule has 35 heavy (non-hydrogen) atoms. The molecule has 0 saturated carbocycles. The molecule has 1 aromatic heterocycles. The van der Waals surface area contributed by atoms with Crippen LogP contribution in [-0.2, 0) is 17.9 Å². The Balaban J connectivity index is 1.48. The van der Waals surface area contributed by atoms with Crippen molar-refractivity contribution in [1.82, 2.24) is 14.5 Å². The molecule has 1 amide bonds. The van der Waals surface area contributed by atoms with E-state index in [2.05, 4.69) is 56.5 Å². The van der Waals surface area contributed by atoms with Crippen molar-refractivity contribution < 1.29 is 9.53 Å². The molecular weight excluding hydrogens is 434 g/mol. The summed E-state index contributed by atoms with van der Waals surface area (Å²) in [7, 11) is 1.66. The number of benzene rings is 3. The van der Waals surface area contributed by atoms with Gasteiger partial charge >= 0.3 is 0 Å². The Morgan fingerprint density at radius 1 is 0.943 bits per heavy atom. The van der Waals surface area contributed by atoms with Crippen molar-refractivity contribution in [2.45, 2.75) is 53.1 Å². The fourth-order valence-corrected chi connectivity index (χ4v) is 5.32. The minimum Gasteiger partial charge on any atom is -0.497 e. The Morgan fingerprint density at radius 2 is 1.63 bits per heavy atom. The zero-order chi connectivity index (χ0) is 24.7. The number of para-hydroxylation sites is 2. The number of aromatic nitrogens is 2. The van der Waals surface area contributed by atoms with Crippen LogP contribution in [0.25, 0.3) is 11.0 Å². The summed E-state index contributed by atoms with van der Waals surface area (Å²) in [6.45, 7) is 10.8. The fourth-order valence-electron chi connectivity index (χ4n) is 5.32. The minimum absolute atomic E-state index is 0.0691. The van der Waals surface area contributed by atoms with Gasteiger partial charge in [-0.2, -0.15) is 0 Å². The molecule has 4 aromatic rings. The van der Waals surface area contributed by atoms with Crippen LogP contribution in [0.2, 0.25) is 0 Å². The van der Waals surface area contributed by atoms with Gasteiger partial charge in [0, 0.05) is 32.0 Å². The van der Waals surface area contributed by atoms with E-state index in [0.717, 1.165) is 34.7 Å². The first-order valence-corrected chi connectivity index (χ1v) is 12.3. The first kappa shape index (κ1) is 23.2. The largest absolute Gasteiger partial charge is 0.497 e. The fraction of sp³-hybridized carbons (Fsp3) is 0.333. The Bertz CT molecular complexity index is 1380. The van der Waals surface area contributed by atoms with Crippen molar-refractivity contribution in [1.29, 1.82) is 0 Å². The summed E-state index contributed by atoms with van der Waals surface area (Å²) < 4.78 is 7.61. The number of fused-ring (bicyclic) bond motifs is 1. The van der Waals surface area contributed by atoms with E-state index in [9.17, 15) is 4.79 Å². The van der Waals surface area contributed by atoms with Crippen molar-refractivity contribution in [2.75, 3.05) is 13.7 Å². The summed E-state index contributed by atoms with van der Waals surface area (Å²) in [4.78, 5) is 20.1. The van der Waals surface area contributed by atoms with E-state index in [1.54, 1.807) is 7.11 Å². The monoisotopic (exact) mass is 467 g/mol. The van der Waals surface area contributed by atoms with Gasteiger partial charge in [-0.15, -0.1) is 0 Å². The SMILES string of the molecule is COc1ccc(CN2CC(c3nc4ccccc4n3Cc3c(C)c(C)cc(C)c3C)CC2=O)cc1. The summed E-state index contributed by atoms with van der Waals surface area (Å²) >= 11 is 0. The van der Waals surface area contributed by atoms with Crippen molar-refractivity contribution >= 4 is 16.9 Å². The third-order valence-electron chi connectivity index (χ3n) is 7.63. The summed E-state index contributed by atoms with van der Waals surface area (Å²) in [6.07, 6.45) is 0.490. The van der Waals surface area contributed by atoms with E-state index in [4.69, 9.17) is 9.72 Å². The number of hydrogen-bond acceptors (Lipinski definition) is 3. The van der Waals surface area contributed by atoms with Gasteiger partial charge in [0.05, 0.1) is 18.1 Å². The number of hydrogen-bond donors (Lipinski definition) is 0. The molecule has 0 radical (unpaired) electrons. The van der Waals surface area contributed by atoms with Gasteiger partial charge in [-0.3, -0.25) is 4.79 Å². The molecular formula is C30H33N3O2. The quantitative estimate of drug-likeness (QED) is 0.358. The maximum atomic E-state index is 13.0. The number of amides is 1. The number of methoxy groups -OCH3 is 1. The number of carbonyl (C=O) groups is 1. The van der Waals surface area contributed by atoms with Crippen LogP contribution in [0.15, 0.2) is 54.6 Å². The smallest absolute Gasteiger partial charge is 0.223 e. The lowest BCUT2D eigenvalue weighted by Gasteiger charge is -2.20. The number of likely N-dealkylation sites (tertiary alicyclic amines) is 1. The molecule has 1 atom stereocenters. The van der Waals surface area contributed by atoms with Crippen LogP contribution in [0, 0.1) is 27.7 Å². The van der Waals surface area contributed by atoms with Crippen LogP contribution in [0.5, 0.6) is 5.75 Å². The zero-order valence-corrected chi connectivity index (χ0v) is 21.3. The predicted octanol–water partition coefficient (Wildman–Crippen LogP) is 5.84. The van der Waals surface area contributed by atoms with Gasteiger partial charge in [-0.25, -0.2) is 4.98 Å². The van der Waals surface area contributed by atoms with Gasteiger partial charge in [0.15, 0.2) is 0 Å². The molecule has 1 saturated heterocycles. The van der Waals surface area contributed by atoms with Crippen molar-refractivity contribution in [2.24, 2.45) is 0 Å². The van der Waals surface area contributed by atoms with E-state index >= 15 is 0 Å². The standard InChI is InChI=1S/C30H33N3O2/c1-19-14-20(2)22(4)26(21(19)3)18-33-28-9-7-6-8-27(28)31-30(33)24-15-29(34)32(17-24)16-23-10-12-25(35-5)13-11-23/h6-14,24H,15-18H2,1-5H3. The van der Waals surface area contributed by atoms with E-state index in [1.807, 2.05) is 35.2 Å². The first-order chi connectivity index (χ1) is 16.9. The first-order valence-electron chi connectivity index (χ1n) is 12.3. The molecule has 1 aliphatic rings. The van der Waals surface area contributed by atoms with E-state index < -0.39 is 0 Å². The number of rotatable bonds is 6. The molecule has 0 spiro atoms. The molecule has 0 bridgehead atoms. The highest BCUT2D eigenvalue weighted by molar-refractivity contribution is 5.81. The third kappa shape index (κ3) is 4.31. The average Bonchev–Trinajstić information content (AvgIpc) is 3.41. The van der Waals surface area contributed by atoms with Crippen LogP contribution < -0.4 is 4.74 Å². The van der Waals surface area contributed by atoms with Crippen LogP contribution in [0.4, 0.5) is 0 Å². The number of nitrogens with zero attached hydrogens (tertiary/aromatic N) is 3. The zero-order valence-electron chi connectivity index (χ0n) is 21.3. The third-order valence-corrected chi connectivity index (χ3v) is 7.63. The topological polar surface area (TPSA) is 47.4 Å². The minimum atomic E-state index is 0.0691. The second-order valence-electron chi connectivity index (χ2n) is 9.81. The van der Waals surface area contributed by atoms with Crippen LogP contribution in [0.1, 0.15) is 51.5 Å². The van der Waals surface area contributed by atoms with Gasteiger partial charge in [0.1, 0.15) is 11.6 Å². The van der Waals surface area contributed by atoms with Crippen molar-refractivity contribution in [3.8, 4) is 5.75 Å². The molecule has 1 aliphatic heterocycles. The van der Waals surface area contributed by atoms with Gasteiger partial charge in [-0.1, -0.05) is 30.3 Å². The Labute approximate surface area is 207 Å². The van der Waals surface area contributed by atoms with Gasteiger partial charge < -0.3 is 14.2 Å². The molecule has 1 fully saturated rings. The van der Waals surface area contributed by atoms with Crippen molar-refractivity contribution in [3.05, 3.63) is 93.8 Å². The highest BCUT2D eigenvalue weighted by Gasteiger charge is 2.34. The van der Waals surface area contributed by atoms with E-state index in [-0.39, 0.29) is 11.8 Å². The second kappa shape index (κ2) is 9.21. The van der Waals surface area contributed by atoms with Gasteiger partial charge in [0.25, 0.3) is 0 Å². The summed E-state index contributed by atoms with van der Waals surface area (Å²) in [5.41, 5.74) is 9.87. The summed E-state index contributed by atoms with van der Waals surface area (Å²) in [5, 5.41) is 0. The number of ether oxygens (including phenoxy) is 1. The maximum Gasteiger partial charge on any atom is 0.223 e. The molecule has 3 aromatic carbocycles. The van der Waals surface area contributed by atoms with Crippen LogP contribution in [0.3, 0.4) is 0 Å². The highest BCUT2D eigenvalue weighted by Crippen LogP contribution is 2.33. The van der Waals surface area contributed by atoms with Crippen LogP contribution in [-0.4, -0.2) is 34.0 Å². The van der Waals surface area contributed by atoms with Gasteiger partial charge in [0.2, 0.25) is 5.91 Å². The summed E-state index contributed by atoms with van der Waals surface area (Å²) in [6, 6.07) is 18.5. The number of carbonyl (C=O) groups excluding carboxylic acids is 1. The molecule has 2 heterocycles. The highest BCUT2D eigenvalue weighted by atomic mass is 16.5. The Kier molecular flexibility index (Phi) is 6.10. The molecule has 0 aliphatic carbocycles. The molecule has 5 nitrogen and oxygen atoms in total. The maximum absolute atomic E-state index is 13.0. The van der Waals surface area contributed by atoms with Crippen molar-refractivity contribution in [3.63, 3.8) is 0 Å². The molecule has 5 heteroatoms. The van der Waals surface area contributed by atoms with E-state index in [1.165, 1.54) is 27.8 Å². The lowest BCUT2D eigenvalue weighted by Crippen LogP contribution is -2.24. The molecule has 1 unspecified atom stereocenters. The molecule has 5 rings (SSSR count). The van der Waals surface area contributed by atoms with Gasteiger partial charge in [-0.05, 0) is 85.3 Å². The second-order valence-corrected chi connectivity index (χ2v) is 9.81. The van der Waals surface area contributed by atoms with E-state index in [0.29, 0.717) is 19.5 Å². The lowest BCUT2D eigenvalue weighted by molar-refractivity contribution is -0.128. The molecule has 180 valence electrons. The number of imidazole rings is 1. The normalized spacial score (nSPS) is 15.9.